The van der Waals surface area contributed by atoms with Crippen molar-refractivity contribution in [3.63, 3.8) is 0 Å². The first kappa shape index (κ1) is 12.8. The van der Waals surface area contributed by atoms with Gasteiger partial charge < -0.3 is 5.32 Å². The molecule has 0 aliphatic carbocycles. The van der Waals surface area contributed by atoms with Crippen molar-refractivity contribution in [3.05, 3.63) is 27.4 Å². The van der Waals surface area contributed by atoms with Gasteiger partial charge in [-0.3, -0.25) is 0 Å². The molecule has 1 aromatic rings. The first-order valence-electron chi connectivity index (χ1n) is 4.93. The Bertz CT molecular complexity index is 320. The highest BCUT2D eigenvalue weighted by Gasteiger charge is 2.08. The van der Waals surface area contributed by atoms with E-state index in [1.165, 1.54) is 12.1 Å². The second-order valence-corrected chi connectivity index (χ2v) is 4.90. The Morgan fingerprint density at radius 3 is 2.73 bits per heavy atom. The van der Waals surface area contributed by atoms with Crippen molar-refractivity contribution >= 4 is 33.2 Å². The Morgan fingerprint density at radius 1 is 1.53 bits per heavy atom. The topological polar surface area (TPSA) is 12.0 Å². The zero-order valence-corrected chi connectivity index (χ0v) is 11.1. The Kier molecular flexibility index (Phi) is 4.87. The van der Waals surface area contributed by atoms with E-state index >= 15 is 0 Å². The lowest BCUT2D eigenvalue weighted by molar-refractivity contribution is 0.593. The predicted octanol–water partition coefficient (Wildman–Crippen LogP) is 4.70. The van der Waals surface area contributed by atoms with Gasteiger partial charge in [-0.05, 0) is 34.0 Å². The molecule has 0 aliphatic rings. The molecule has 1 nitrogen and oxygen atoms in total. The summed E-state index contributed by atoms with van der Waals surface area (Å²) in [4.78, 5) is 0. The molecule has 0 radical (unpaired) electrons. The van der Waals surface area contributed by atoms with Crippen molar-refractivity contribution in [2.45, 2.75) is 20.3 Å². The van der Waals surface area contributed by atoms with Crippen LogP contribution in [0, 0.1) is 11.7 Å². The van der Waals surface area contributed by atoms with E-state index in [9.17, 15) is 4.39 Å². The second kappa shape index (κ2) is 5.71. The van der Waals surface area contributed by atoms with Gasteiger partial charge in [-0.1, -0.05) is 31.9 Å². The van der Waals surface area contributed by atoms with E-state index in [1.54, 1.807) is 0 Å². The van der Waals surface area contributed by atoms with Crippen molar-refractivity contribution in [1.29, 1.82) is 0 Å². The standard InChI is InChI=1S/C11H14BrClFN/c1-3-7(2)6-15-11-9(12)4-8(14)5-10(11)13/h4-5,7,15H,3,6H2,1-2H3. The third-order valence-electron chi connectivity index (χ3n) is 2.33. The quantitative estimate of drug-likeness (QED) is 0.849. The summed E-state index contributed by atoms with van der Waals surface area (Å²) >= 11 is 9.21. The zero-order valence-electron chi connectivity index (χ0n) is 8.78. The summed E-state index contributed by atoms with van der Waals surface area (Å²) in [6, 6.07) is 2.72. The number of halogens is 3. The van der Waals surface area contributed by atoms with E-state index in [4.69, 9.17) is 11.6 Å². The van der Waals surface area contributed by atoms with Gasteiger partial charge in [0.1, 0.15) is 5.82 Å². The van der Waals surface area contributed by atoms with Crippen LogP contribution in [0.4, 0.5) is 10.1 Å². The van der Waals surface area contributed by atoms with Crippen LogP contribution < -0.4 is 5.32 Å². The number of nitrogens with one attached hydrogen (secondary N) is 1. The first-order chi connectivity index (χ1) is 7.04. The van der Waals surface area contributed by atoms with Gasteiger partial charge in [0.05, 0.1) is 10.7 Å². The van der Waals surface area contributed by atoms with E-state index in [0.717, 1.165) is 18.7 Å². The molecule has 0 aliphatic heterocycles. The lowest BCUT2D eigenvalue weighted by atomic mass is 10.1. The number of anilines is 1. The van der Waals surface area contributed by atoms with Gasteiger partial charge in [0.2, 0.25) is 0 Å². The highest BCUT2D eigenvalue weighted by molar-refractivity contribution is 9.10. The van der Waals surface area contributed by atoms with E-state index in [1.807, 2.05) is 0 Å². The van der Waals surface area contributed by atoms with Crippen LogP contribution in [0.3, 0.4) is 0 Å². The summed E-state index contributed by atoms with van der Waals surface area (Å²) in [6.07, 6.45) is 1.10. The van der Waals surface area contributed by atoms with Gasteiger partial charge >= 0.3 is 0 Å². The van der Waals surface area contributed by atoms with Gasteiger partial charge in [-0.2, -0.15) is 0 Å². The van der Waals surface area contributed by atoms with Crippen molar-refractivity contribution in [1.82, 2.24) is 0 Å². The summed E-state index contributed by atoms with van der Waals surface area (Å²) in [5.41, 5.74) is 0.762. The molecule has 4 heteroatoms. The van der Waals surface area contributed by atoms with Gasteiger partial charge in [0, 0.05) is 11.0 Å². The lowest BCUT2D eigenvalue weighted by Crippen LogP contribution is -2.11. The van der Waals surface area contributed by atoms with Crippen molar-refractivity contribution in [2.24, 2.45) is 5.92 Å². The maximum atomic E-state index is 12.9. The molecule has 1 rings (SSSR count). The Balaban J connectivity index is 2.77. The molecule has 0 bridgehead atoms. The monoisotopic (exact) mass is 293 g/mol. The smallest absolute Gasteiger partial charge is 0.125 e. The van der Waals surface area contributed by atoms with Gasteiger partial charge in [0.25, 0.3) is 0 Å². The molecule has 0 spiro atoms. The third-order valence-corrected chi connectivity index (χ3v) is 3.25. The Hall–Kier alpha value is -0.280. The number of hydrogen-bond donors (Lipinski definition) is 1. The summed E-state index contributed by atoms with van der Waals surface area (Å²) in [6.45, 7) is 5.12. The molecular formula is C11H14BrClFN. The fourth-order valence-corrected chi connectivity index (χ4v) is 2.09. The van der Waals surface area contributed by atoms with Crippen LogP contribution in [0.2, 0.25) is 5.02 Å². The fraction of sp³-hybridized carbons (Fsp3) is 0.455. The molecule has 1 N–H and O–H groups in total. The summed E-state index contributed by atoms with van der Waals surface area (Å²) < 4.78 is 13.6. The Labute approximate surface area is 103 Å². The van der Waals surface area contributed by atoms with Crippen LogP contribution in [-0.2, 0) is 0 Å². The zero-order chi connectivity index (χ0) is 11.4. The van der Waals surface area contributed by atoms with Gasteiger partial charge in [0.15, 0.2) is 0 Å². The minimum absolute atomic E-state index is 0.332. The molecule has 1 atom stereocenters. The maximum absolute atomic E-state index is 12.9. The van der Waals surface area contributed by atoms with Gasteiger partial charge in [-0.15, -0.1) is 0 Å². The second-order valence-electron chi connectivity index (χ2n) is 3.64. The summed E-state index contributed by atoms with van der Waals surface area (Å²) in [5, 5.41) is 3.62. The number of rotatable bonds is 4. The van der Waals surface area contributed by atoms with Crippen LogP contribution in [0.5, 0.6) is 0 Å². The van der Waals surface area contributed by atoms with Gasteiger partial charge in [-0.25, -0.2) is 4.39 Å². The first-order valence-corrected chi connectivity index (χ1v) is 6.10. The molecule has 84 valence electrons. The van der Waals surface area contributed by atoms with Crippen LogP contribution in [-0.4, -0.2) is 6.54 Å². The lowest BCUT2D eigenvalue weighted by Gasteiger charge is -2.14. The third kappa shape index (κ3) is 3.65. The van der Waals surface area contributed by atoms with Crippen molar-refractivity contribution in [3.8, 4) is 0 Å². The molecule has 1 aromatic carbocycles. The number of benzene rings is 1. The SMILES string of the molecule is CCC(C)CNc1c(Cl)cc(F)cc1Br. The molecule has 0 heterocycles. The maximum Gasteiger partial charge on any atom is 0.125 e. The minimum Gasteiger partial charge on any atom is -0.383 e. The Morgan fingerprint density at radius 2 is 2.20 bits per heavy atom. The van der Waals surface area contributed by atoms with Crippen molar-refractivity contribution in [2.75, 3.05) is 11.9 Å². The average Bonchev–Trinajstić information content (AvgIpc) is 2.15. The predicted molar refractivity (Wildman–Crippen MR) is 67.1 cm³/mol. The molecule has 0 amide bonds. The average molecular weight is 295 g/mol. The van der Waals surface area contributed by atoms with E-state index < -0.39 is 0 Å². The van der Waals surface area contributed by atoms with E-state index in [2.05, 4.69) is 35.1 Å². The molecule has 0 saturated heterocycles. The highest BCUT2D eigenvalue weighted by atomic mass is 79.9. The number of hydrogen-bond acceptors (Lipinski definition) is 1. The highest BCUT2D eigenvalue weighted by Crippen LogP contribution is 2.31. The normalized spacial score (nSPS) is 12.6. The van der Waals surface area contributed by atoms with E-state index in [0.29, 0.717) is 15.4 Å². The minimum atomic E-state index is -0.332. The largest absolute Gasteiger partial charge is 0.383 e. The fourth-order valence-electron chi connectivity index (χ4n) is 1.13. The molecule has 0 fully saturated rings. The van der Waals surface area contributed by atoms with Crippen molar-refractivity contribution < 1.29 is 4.39 Å². The molecule has 15 heavy (non-hydrogen) atoms. The van der Waals surface area contributed by atoms with Crippen LogP contribution >= 0.6 is 27.5 Å². The van der Waals surface area contributed by atoms with Crippen LogP contribution in [0.25, 0.3) is 0 Å². The molecule has 1 unspecified atom stereocenters. The summed E-state index contributed by atoms with van der Waals surface area (Å²) in [7, 11) is 0. The van der Waals surface area contributed by atoms with Crippen LogP contribution in [0.1, 0.15) is 20.3 Å². The molecular weight excluding hydrogens is 280 g/mol. The molecule has 0 aromatic heterocycles. The summed E-state index contributed by atoms with van der Waals surface area (Å²) in [5.74, 6) is 0.235. The molecule has 0 saturated carbocycles. The van der Waals surface area contributed by atoms with E-state index in [-0.39, 0.29) is 5.82 Å². The van der Waals surface area contributed by atoms with Crippen LogP contribution in [0.15, 0.2) is 16.6 Å².